The van der Waals surface area contributed by atoms with Gasteiger partial charge in [0.2, 0.25) is 5.91 Å². The fourth-order valence-corrected chi connectivity index (χ4v) is 3.06. The smallest absolute Gasteiger partial charge is 0.337 e. The van der Waals surface area contributed by atoms with E-state index in [1.54, 1.807) is 23.1 Å². The average Bonchev–Trinajstić information content (AvgIpc) is 2.99. The van der Waals surface area contributed by atoms with Gasteiger partial charge in [0, 0.05) is 32.1 Å². The molecule has 1 amide bonds. The highest BCUT2D eigenvalue weighted by molar-refractivity contribution is 5.89. The average molecular weight is 356 g/mol. The van der Waals surface area contributed by atoms with E-state index >= 15 is 0 Å². The fraction of sp³-hybridized carbons (Fsp3) is 0.300. The molecule has 0 bridgehead atoms. The van der Waals surface area contributed by atoms with E-state index in [0.717, 1.165) is 11.1 Å². The van der Waals surface area contributed by atoms with Gasteiger partial charge in [0.05, 0.1) is 12.7 Å². The first-order valence-corrected chi connectivity index (χ1v) is 8.48. The quantitative estimate of drug-likeness (QED) is 0.808. The van der Waals surface area contributed by atoms with Crippen molar-refractivity contribution in [3.63, 3.8) is 0 Å². The van der Waals surface area contributed by atoms with Gasteiger partial charge in [-0.1, -0.05) is 24.3 Å². The summed E-state index contributed by atoms with van der Waals surface area (Å²) in [6.07, 6.45) is 0.426. The third-order valence-electron chi connectivity index (χ3n) is 4.45. The molecule has 3 rings (SSSR count). The van der Waals surface area contributed by atoms with Crippen molar-refractivity contribution in [3.05, 3.63) is 71.0 Å². The van der Waals surface area contributed by atoms with Crippen molar-refractivity contribution in [3.8, 4) is 0 Å². The maximum absolute atomic E-state index is 13.3. The number of likely N-dealkylation sites (tertiary alicyclic amines) is 1. The van der Waals surface area contributed by atoms with Crippen LogP contribution in [0.2, 0.25) is 0 Å². The number of carbonyl (C=O) groups excluding carboxylic acids is 2. The number of rotatable bonds is 6. The highest BCUT2D eigenvalue weighted by Crippen LogP contribution is 2.16. The van der Waals surface area contributed by atoms with E-state index in [-0.39, 0.29) is 23.7 Å². The number of benzene rings is 2. The monoisotopic (exact) mass is 356 g/mol. The molecule has 0 aliphatic carbocycles. The molecule has 26 heavy (non-hydrogen) atoms. The summed E-state index contributed by atoms with van der Waals surface area (Å²) in [4.78, 5) is 25.4. The molecule has 1 fully saturated rings. The Bertz CT molecular complexity index is 792. The second-order valence-corrected chi connectivity index (χ2v) is 6.37. The van der Waals surface area contributed by atoms with Crippen molar-refractivity contribution in [2.24, 2.45) is 0 Å². The molecule has 1 saturated heterocycles. The largest absolute Gasteiger partial charge is 0.465 e. The second-order valence-electron chi connectivity index (χ2n) is 6.37. The Balaban J connectivity index is 1.52. The number of carbonyl (C=O) groups is 2. The molecule has 0 spiro atoms. The van der Waals surface area contributed by atoms with E-state index in [4.69, 9.17) is 0 Å². The summed E-state index contributed by atoms with van der Waals surface area (Å²) in [6, 6.07) is 13.5. The fourth-order valence-electron chi connectivity index (χ4n) is 3.06. The van der Waals surface area contributed by atoms with Gasteiger partial charge in [-0.3, -0.25) is 4.79 Å². The molecule has 0 aromatic heterocycles. The number of nitrogens with one attached hydrogen (secondary N) is 1. The summed E-state index contributed by atoms with van der Waals surface area (Å²) in [5, 5.41) is 3.37. The minimum absolute atomic E-state index is 0.0522. The summed E-state index contributed by atoms with van der Waals surface area (Å²) in [5.41, 5.74) is 2.32. The molecule has 1 aliphatic rings. The van der Waals surface area contributed by atoms with E-state index in [0.29, 0.717) is 31.6 Å². The van der Waals surface area contributed by atoms with Gasteiger partial charge < -0.3 is 15.0 Å². The SMILES string of the molecule is COC(=O)c1ccc(CN[C@H]2CC(=O)N(Cc3cccc(F)c3)C2)cc1. The molecular formula is C20H21FN2O3. The van der Waals surface area contributed by atoms with Gasteiger partial charge in [-0.25, -0.2) is 9.18 Å². The highest BCUT2D eigenvalue weighted by atomic mass is 19.1. The molecule has 2 aromatic rings. The Labute approximate surface area is 151 Å². The number of hydrogen-bond acceptors (Lipinski definition) is 4. The van der Waals surface area contributed by atoms with Crippen LogP contribution in [0.15, 0.2) is 48.5 Å². The Morgan fingerprint density at radius 3 is 2.69 bits per heavy atom. The Hall–Kier alpha value is -2.73. The van der Waals surface area contributed by atoms with Crippen LogP contribution < -0.4 is 5.32 Å². The topological polar surface area (TPSA) is 58.6 Å². The van der Waals surface area contributed by atoms with Gasteiger partial charge in [-0.2, -0.15) is 0 Å². The van der Waals surface area contributed by atoms with Crippen LogP contribution in [0.4, 0.5) is 4.39 Å². The Morgan fingerprint density at radius 2 is 2.00 bits per heavy atom. The van der Waals surface area contributed by atoms with Gasteiger partial charge in [0.1, 0.15) is 5.82 Å². The van der Waals surface area contributed by atoms with E-state index in [2.05, 4.69) is 10.1 Å². The molecule has 1 N–H and O–H groups in total. The van der Waals surface area contributed by atoms with E-state index < -0.39 is 0 Å². The van der Waals surface area contributed by atoms with Gasteiger partial charge in [-0.05, 0) is 35.4 Å². The highest BCUT2D eigenvalue weighted by Gasteiger charge is 2.29. The summed E-state index contributed by atoms with van der Waals surface area (Å²) in [6.45, 7) is 1.62. The molecule has 5 nitrogen and oxygen atoms in total. The first kappa shape index (κ1) is 18.1. The minimum Gasteiger partial charge on any atom is -0.465 e. The number of amides is 1. The third kappa shape index (κ3) is 4.46. The molecule has 2 aromatic carbocycles. The Morgan fingerprint density at radius 1 is 1.23 bits per heavy atom. The molecule has 0 saturated carbocycles. The molecule has 1 aliphatic heterocycles. The zero-order chi connectivity index (χ0) is 18.5. The van der Waals surface area contributed by atoms with Gasteiger partial charge in [0.25, 0.3) is 0 Å². The van der Waals surface area contributed by atoms with Gasteiger partial charge in [0.15, 0.2) is 0 Å². The molecule has 6 heteroatoms. The molecule has 1 atom stereocenters. The van der Waals surface area contributed by atoms with Crippen LogP contribution in [0.3, 0.4) is 0 Å². The molecule has 1 heterocycles. The van der Waals surface area contributed by atoms with Gasteiger partial charge >= 0.3 is 5.97 Å². The predicted molar refractivity (Wildman–Crippen MR) is 94.8 cm³/mol. The van der Waals surface area contributed by atoms with E-state index in [9.17, 15) is 14.0 Å². The van der Waals surface area contributed by atoms with Crippen LogP contribution in [0.5, 0.6) is 0 Å². The summed E-state index contributed by atoms with van der Waals surface area (Å²) in [5.74, 6) is -0.592. The number of hydrogen-bond donors (Lipinski definition) is 1. The molecule has 136 valence electrons. The zero-order valence-corrected chi connectivity index (χ0v) is 14.6. The van der Waals surface area contributed by atoms with Gasteiger partial charge in [-0.15, -0.1) is 0 Å². The van der Waals surface area contributed by atoms with E-state index in [1.165, 1.54) is 19.2 Å². The summed E-state index contributed by atoms with van der Waals surface area (Å²) >= 11 is 0. The lowest BCUT2D eigenvalue weighted by atomic mass is 10.1. The first-order chi connectivity index (χ1) is 12.5. The zero-order valence-electron chi connectivity index (χ0n) is 14.6. The van der Waals surface area contributed by atoms with E-state index in [1.807, 2.05) is 18.2 Å². The van der Waals surface area contributed by atoms with Crippen molar-refractivity contribution in [1.29, 1.82) is 0 Å². The molecule has 0 unspecified atom stereocenters. The second kappa shape index (κ2) is 8.10. The van der Waals surface area contributed by atoms with Crippen LogP contribution in [-0.4, -0.2) is 36.5 Å². The summed E-state index contributed by atoms with van der Waals surface area (Å²) in [7, 11) is 1.35. The van der Waals surface area contributed by atoms with Crippen molar-refractivity contribution in [2.45, 2.75) is 25.6 Å². The summed E-state index contributed by atoms with van der Waals surface area (Å²) < 4.78 is 18.0. The van der Waals surface area contributed by atoms with Crippen LogP contribution in [-0.2, 0) is 22.6 Å². The van der Waals surface area contributed by atoms with Crippen molar-refractivity contribution in [2.75, 3.05) is 13.7 Å². The molecule has 0 radical (unpaired) electrons. The Kier molecular flexibility index (Phi) is 5.63. The molecular weight excluding hydrogens is 335 g/mol. The van der Waals surface area contributed by atoms with Crippen molar-refractivity contribution in [1.82, 2.24) is 10.2 Å². The van der Waals surface area contributed by atoms with Crippen molar-refractivity contribution < 1.29 is 18.7 Å². The lowest BCUT2D eigenvalue weighted by molar-refractivity contribution is -0.128. The third-order valence-corrected chi connectivity index (χ3v) is 4.45. The maximum atomic E-state index is 13.3. The first-order valence-electron chi connectivity index (χ1n) is 8.48. The van der Waals surface area contributed by atoms with Crippen LogP contribution in [0.1, 0.15) is 27.9 Å². The minimum atomic E-state index is -0.362. The van der Waals surface area contributed by atoms with Crippen LogP contribution in [0, 0.1) is 5.82 Å². The van der Waals surface area contributed by atoms with Crippen molar-refractivity contribution >= 4 is 11.9 Å². The van der Waals surface area contributed by atoms with Crippen LogP contribution >= 0.6 is 0 Å². The number of esters is 1. The number of methoxy groups -OCH3 is 1. The number of nitrogens with zero attached hydrogens (tertiary/aromatic N) is 1. The lowest BCUT2D eigenvalue weighted by Crippen LogP contribution is -2.32. The predicted octanol–water partition coefficient (Wildman–Crippen LogP) is 2.50. The normalized spacial score (nSPS) is 16.8. The maximum Gasteiger partial charge on any atom is 0.337 e. The lowest BCUT2D eigenvalue weighted by Gasteiger charge is -2.17. The van der Waals surface area contributed by atoms with Crippen LogP contribution in [0.25, 0.3) is 0 Å². The number of ether oxygens (including phenoxy) is 1. The number of halogens is 1. The standard InChI is InChI=1S/C20H21FN2O3/c1-26-20(25)16-7-5-14(6-8-16)11-22-18-10-19(24)23(13-18)12-15-3-2-4-17(21)9-15/h2-9,18,22H,10-13H2,1H3/t18-/m0/s1.